The van der Waals surface area contributed by atoms with Gasteiger partial charge in [0.15, 0.2) is 12.6 Å². The molecule has 0 aliphatic rings. The van der Waals surface area contributed by atoms with Crippen molar-refractivity contribution in [1.29, 1.82) is 0 Å². The molecule has 0 aromatic heterocycles. The van der Waals surface area contributed by atoms with E-state index in [1.54, 1.807) is 38.3 Å². The summed E-state index contributed by atoms with van der Waals surface area (Å²) in [6, 6.07) is 10.6. The molecule has 162 valence electrons. The third-order valence-corrected chi connectivity index (χ3v) is 4.68. The third-order valence-electron chi connectivity index (χ3n) is 4.68. The fourth-order valence-electron chi connectivity index (χ4n) is 2.88. The van der Waals surface area contributed by atoms with Crippen LogP contribution >= 0.6 is 0 Å². The Bertz CT molecular complexity index is 870. The number of hydrogen-bond acceptors (Lipinski definition) is 3. The van der Waals surface area contributed by atoms with Crippen LogP contribution in [0.3, 0.4) is 0 Å². The Morgan fingerprint density at radius 1 is 1.07 bits per heavy atom. The fourth-order valence-corrected chi connectivity index (χ4v) is 2.88. The Kier molecular flexibility index (Phi) is 7.82. The number of methoxy groups -OCH3 is 1. The topological polar surface area (TPSA) is 71.9 Å². The van der Waals surface area contributed by atoms with Crippen LogP contribution in [-0.4, -0.2) is 38.1 Å². The molecule has 0 spiro atoms. The van der Waals surface area contributed by atoms with E-state index in [-0.39, 0.29) is 18.1 Å². The molecule has 0 aliphatic carbocycles. The number of benzene rings is 2. The third kappa shape index (κ3) is 6.48. The van der Waals surface area contributed by atoms with Crippen LogP contribution in [0.5, 0.6) is 5.75 Å². The summed E-state index contributed by atoms with van der Waals surface area (Å²) in [5, 5.41) is 5.25. The maximum absolute atomic E-state index is 12.8. The van der Waals surface area contributed by atoms with Gasteiger partial charge in [-0.15, -0.1) is 0 Å². The minimum absolute atomic E-state index is 0.0275. The summed E-state index contributed by atoms with van der Waals surface area (Å²) in [6.45, 7) is 3.96. The van der Waals surface area contributed by atoms with Crippen LogP contribution < -0.4 is 20.3 Å². The van der Waals surface area contributed by atoms with E-state index in [9.17, 15) is 22.8 Å². The summed E-state index contributed by atoms with van der Waals surface area (Å²) < 4.78 is 43.6. The number of likely N-dealkylation sites (N-methyl/N-ethyl adjacent to an activating group) is 1. The monoisotopic (exact) mass is 424 g/mol. The van der Waals surface area contributed by atoms with Crippen LogP contribution in [0.2, 0.25) is 0 Å². The highest BCUT2D eigenvalue weighted by Gasteiger charge is 2.31. The lowest BCUT2D eigenvalue weighted by atomic mass is 10.2. The number of rotatable bonds is 8. The smallest absolute Gasteiger partial charge is 0.416 e. The molecule has 0 saturated carbocycles. The van der Waals surface area contributed by atoms with E-state index in [1.165, 1.54) is 12.1 Å². The lowest BCUT2D eigenvalue weighted by Gasteiger charge is -2.23. The number of carbonyl (C=O) groups is 2. The number of amides is 2. The van der Waals surface area contributed by atoms with Crippen molar-refractivity contribution >= 4 is 23.2 Å². The van der Waals surface area contributed by atoms with Crippen molar-refractivity contribution in [3.05, 3.63) is 54.1 Å². The molecule has 3 N–H and O–H groups in total. The van der Waals surface area contributed by atoms with Crippen molar-refractivity contribution in [2.75, 3.05) is 30.8 Å². The molecule has 6 nitrogen and oxygen atoms in total. The molecule has 2 aromatic rings. The van der Waals surface area contributed by atoms with Gasteiger partial charge < -0.3 is 20.3 Å². The van der Waals surface area contributed by atoms with Gasteiger partial charge in [0.1, 0.15) is 5.75 Å². The Hall–Kier alpha value is -3.07. The highest BCUT2D eigenvalue weighted by atomic mass is 19.4. The van der Waals surface area contributed by atoms with E-state index in [0.29, 0.717) is 22.9 Å². The maximum Gasteiger partial charge on any atom is 0.416 e. The first-order valence-corrected chi connectivity index (χ1v) is 9.40. The SMILES string of the molecule is CC[NH+](CC(=O)Nc1ccc(OC)cc1)[C@@H](C)C(=O)Nc1cccc(C(F)(F)F)c1. The maximum atomic E-state index is 12.8. The molecule has 2 atom stereocenters. The normalized spacial score (nSPS) is 13.3. The van der Waals surface area contributed by atoms with E-state index < -0.39 is 23.7 Å². The van der Waals surface area contributed by atoms with E-state index >= 15 is 0 Å². The van der Waals surface area contributed by atoms with Gasteiger partial charge >= 0.3 is 6.18 Å². The summed E-state index contributed by atoms with van der Waals surface area (Å²) in [6.07, 6.45) is -4.49. The number of anilines is 2. The van der Waals surface area contributed by atoms with Crippen LogP contribution in [0.25, 0.3) is 0 Å². The second-order valence-electron chi connectivity index (χ2n) is 6.75. The number of carbonyl (C=O) groups excluding carboxylic acids is 2. The number of quaternary nitrogens is 1. The summed E-state index contributed by atoms with van der Waals surface area (Å²) in [4.78, 5) is 25.6. The van der Waals surface area contributed by atoms with E-state index in [4.69, 9.17) is 4.74 Å². The van der Waals surface area contributed by atoms with Gasteiger partial charge in [0.25, 0.3) is 11.8 Å². The van der Waals surface area contributed by atoms with Gasteiger partial charge in [-0.2, -0.15) is 13.2 Å². The summed E-state index contributed by atoms with van der Waals surface area (Å²) in [7, 11) is 1.54. The summed E-state index contributed by atoms with van der Waals surface area (Å²) >= 11 is 0. The zero-order chi connectivity index (χ0) is 22.3. The number of nitrogens with one attached hydrogen (secondary N) is 3. The number of halogens is 3. The molecule has 2 amide bonds. The standard InChI is InChI=1S/C21H24F3N3O3/c1-4-27(13-19(28)25-16-8-10-18(30-3)11-9-16)14(2)20(29)26-17-7-5-6-15(12-17)21(22,23)24/h5-12,14H,4,13H2,1-3H3,(H,25,28)(H,26,29)/p+1/t14-/m0/s1. The van der Waals surface area contributed by atoms with E-state index in [0.717, 1.165) is 12.1 Å². The van der Waals surface area contributed by atoms with Gasteiger partial charge in [0.05, 0.1) is 19.2 Å². The molecule has 0 saturated heterocycles. The summed E-state index contributed by atoms with van der Waals surface area (Å²) in [5.41, 5.74) is -0.191. The fraction of sp³-hybridized carbons (Fsp3) is 0.333. The van der Waals surface area contributed by atoms with E-state index in [1.807, 2.05) is 6.92 Å². The number of alkyl halides is 3. The molecular formula is C21H25F3N3O3+. The van der Waals surface area contributed by atoms with Crippen LogP contribution in [0.15, 0.2) is 48.5 Å². The molecule has 2 aromatic carbocycles. The van der Waals surface area contributed by atoms with Gasteiger partial charge in [-0.05, 0) is 56.3 Å². The molecule has 0 radical (unpaired) electrons. The second-order valence-corrected chi connectivity index (χ2v) is 6.75. The number of hydrogen-bond donors (Lipinski definition) is 3. The Morgan fingerprint density at radius 2 is 1.73 bits per heavy atom. The van der Waals surface area contributed by atoms with E-state index in [2.05, 4.69) is 10.6 Å². The molecule has 0 fully saturated rings. The molecule has 2 rings (SSSR count). The van der Waals surface area contributed by atoms with Gasteiger partial charge in [-0.25, -0.2) is 0 Å². The minimum Gasteiger partial charge on any atom is -0.497 e. The lowest BCUT2D eigenvalue weighted by Crippen LogP contribution is -3.17. The first-order chi connectivity index (χ1) is 14.1. The molecule has 0 heterocycles. The molecule has 0 bridgehead atoms. The Labute approximate surface area is 173 Å². The van der Waals surface area contributed by atoms with Gasteiger partial charge in [-0.3, -0.25) is 9.59 Å². The van der Waals surface area contributed by atoms with Crippen molar-refractivity contribution in [3.63, 3.8) is 0 Å². The minimum atomic E-state index is -4.49. The van der Waals surface area contributed by atoms with Crippen molar-refractivity contribution in [2.24, 2.45) is 0 Å². The van der Waals surface area contributed by atoms with Crippen LogP contribution in [0.4, 0.5) is 24.5 Å². The summed E-state index contributed by atoms with van der Waals surface area (Å²) in [5.74, 6) is -0.0900. The van der Waals surface area contributed by atoms with Crippen molar-refractivity contribution in [1.82, 2.24) is 0 Å². The van der Waals surface area contributed by atoms with Gasteiger partial charge in [0.2, 0.25) is 0 Å². The van der Waals surface area contributed by atoms with Gasteiger partial charge in [-0.1, -0.05) is 6.07 Å². The van der Waals surface area contributed by atoms with Gasteiger partial charge in [0, 0.05) is 11.4 Å². The predicted octanol–water partition coefficient (Wildman–Crippen LogP) is 2.58. The average molecular weight is 424 g/mol. The molecule has 9 heteroatoms. The van der Waals surface area contributed by atoms with Crippen LogP contribution in [0, 0.1) is 0 Å². The highest BCUT2D eigenvalue weighted by Crippen LogP contribution is 2.30. The largest absolute Gasteiger partial charge is 0.497 e. The van der Waals surface area contributed by atoms with Crippen molar-refractivity contribution < 1.29 is 32.4 Å². The zero-order valence-corrected chi connectivity index (χ0v) is 17.0. The predicted molar refractivity (Wildman–Crippen MR) is 108 cm³/mol. The number of ether oxygens (including phenoxy) is 1. The van der Waals surface area contributed by atoms with Crippen LogP contribution in [-0.2, 0) is 15.8 Å². The Morgan fingerprint density at radius 3 is 2.30 bits per heavy atom. The average Bonchev–Trinajstić information content (AvgIpc) is 2.71. The second kappa shape index (κ2) is 10.1. The molecule has 30 heavy (non-hydrogen) atoms. The van der Waals surface area contributed by atoms with Crippen molar-refractivity contribution in [2.45, 2.75) is 26.1 Å². The van der Waals surface area contributed by atoms with Crippen LogP contribution in [0.1, 0.15) is 19.4 Å². The molecule has 0 aliphatic heterocycles. The zero-order valence-electron chi connectivity index (χ0n) is 17.0. The van der Waals surface area contributed by atoms with Crippen molar-refractivity contribution in [3.8, 4) is 5.75 Å². The molecule has 1 unspecified atom stereocenters. The highest BCUT2D eigenvalue weighted by molar-refractivity contribution is 5.94. The first kappa shape index (κ1) is 23.2. The Balaban J connectivity index is 1.98. The first-order valence-electron chi connectivity index (χ1n) is 9.40. The molecular weight excluding hydrogens is 399 g/mol. The lowest BCUT2D eigenvalue weighted by molar-refractivity contribution is -0.904. The quantitative estimate of drug-likeness (QED) is 0.610.